The molecule has 0 N–H and O–H groups in total. The van der Waals surface area contributed by atoms with Crippen molar-refractivity contribution in [3.05, 3.63) is 145 Å². The lowest BCUT2D eigenvalue weighted by atomic mass is 10.0. The molecule has 2 aromatic heterocycles. The lowest BCUT2D eigenvalue weighted by Gasteiger charge is -2.11. The van der Waals surface area contributed by atoms with Gasteiger partial charge < -0.3 is 9.13 Å². The second-order valence-electron chi connectivity index (χ2n) is 10.7. The summed E-state index contributed by atoms with van der Waals surface area (Å²) >= 11 is 0. The van der Waals surface area contributed by atoms with Gasteiger partial charge >= 0.3 is 0 Å². The normalized spacial score (nSPS) is 11.7. The highest BCUT2D eigenvalue weighted by Crippen LogP contribution is 2.37. The molecule has 0 saturated heterocycles. The average molecular weight is 513 g/mol. The molecule has 40 heavy (non-hydrogen) atoms. The zero-order chi connectivity index (χ0) is 26.6. The Hall–Kier alpha value is -5.08. The third-order valence-electron chi connectivity index (χ3n) is 8.43. The summed E-state index contributed by atoms with van der Waals surface area (Å²) in [7, 11) is 2.17. The van der Waals surface area contributed by atoms with Gasteiger partial charge in [0.05, 0.1) is 0 Å². The Labute approximate surface area is 233 Å². The van der Waals surface area contributed by atoms with Crippen LogP contribution in [0, 0.1) is 0 Å². The molecule has 0 spiro atoms. The molecule has 0 atom stereocenters. The molecule has 6 aromatic carbocycles. The largest absolute Gasteiger partial charge is 0.344 e. The van der Waals surface area contributed by atoms with Crippen LogP contribution in [0.2, 0.25) is 0 Å². The number of rotatable bonds is 4. The van der Waals surface area contributed by atoms with Crippen LogP contribution in [0.5, 0.6) is 0 Å². The molecule has 0 aliphatic heterocycles. The monoisotopic (exact) mass is 512 g/mol. The predicted molar refractivity (Wildman–Crippen MR) is 170 cm³/mol. The zero-order valence-corrected chi connectivity index (χ0v) is 22.4. The Kier molecular flexibility index (Phi) is 5.14. The number of benzene rings is 6. The topological polar surface area (TPSA) is 9.86 Å². The first-order valence-corrected chi connectivity index (χ1v) is 13.9. The van der Waals surface area contributed by atoms with E-state index in [2.05, 4.69) is 156 Å². The van der Waals surface area contributed by atoms with Crippen LogP contribution in [0.3, 0.4) is 0 Å². The lowest BCUT2D eigenvalue weighted by Crippen LogP contribution is -2.00. The van der Waals surface area contributed by atoms with Gasteiger partial charge in [0.25, 0.3) is 0 Å². The van der Waals surface area contributed by atoms with Crippen molar-refractivity contribution in [2.24, 2.45) is 7.05 Å². The van der Waals surface area contributed by atoms with Gasteiger partial charge in [-0.25, -0.2) is 0 Å². The van der Waals surface area contributed by atoms with E-state index in [4.69, 9.17) is 0 Å². The van der Waals surface area contributed by atoms with Gasteiger partial charge in [0.15, 0.2) is 0 Å². The number of aromatic nitrogens is 2. The van der Waals surface area contributed by atoms with Crippen LogP contribution in [0.15, 0.2) is 140 Å². The number of hydrogen-bond acceptors (Lipinski definition) is 0. The van der Waals surface area contributed by atoms with Crippen LogP contribution in [0.4, 0.5) is 0 Å². The summed E-state index contributed by atoms with van der Waals surface area (Å²) in [6.07, 6.45) is 0. The summed E-state index contributed by atoms with van der Waals surface area (Å²) in [5.41, 5.74) is 11.4. The first kappa shape index (κ1) is 22.9. The average Bonchev–Trinajstić information content (AvgIpc) is 3.49. The molecule has 0 radical (unpaired) electrons. The summed E-state index contributed by atoms with van der Waals surface area (Å²) < 4.78 is 4.82. The van der Waals surface area contributed by atoms with Gasteiger partial charge in [-0.05, 0) is 64.2 Å². The van der Waals surface area contributed by atoms with Crippen molar-refractivity contribution in [1.29, 1.82) is 0 Å². The van der Waals surface area contributed by atoms with E-state index in [0.717, 1.165) is 6.54 Å². The summed E-state index contributed by atoms with van der Waals surface area (Å²) in [5, 5.41) is 5.24. The Morgan fingerprint density at radius 2 is 0.975 bits per heavy atom. The minimum atomic E-state index is 0.806. The molecule has 0 aliphatic carbocycles. The summed E-state index contributed by atoms with van der Waals surface area (Å²) in [5.74, 6) is 0. The van der Waals surface area contributed by atoms with Gasteiger partial charge in [-0.1, -0.05) is 103 Å². The molecule has 2 nitrogen and oxygen atoms in total. The predicted octanol–water partition coefficient (Wildman–Crippen LogP) is 9.82. The van der Waals surface area contributed by atoms with Gasteiger partial charge in [0.1, 0.15) is 0 Å². The molecule has 0 fully saturated rings. The van der Waals surface area contributed by atoms with Gasteiger partial charge in [-0.2, -0.15) is 0 Å². The molecule has 0 amide bonds. The van der Waals surface area contributed by atoms with Gasteiger partial charge in [-0.3, -0.25) is 0 Å². The third-order valence-corrected chi connectivity index (χ3v) is 8.43. The van der Waals surface area contributed by atoms with Gasteiger partial charge in [-0.15, -0.1) is 0 Å². The standard InChI is InChI=1S/C38H28N2/c1-39-34-17-9-8-16-31(34)38-30(15-10-18-37(38)39)25-40-35-21-19-28(26-11-4-2-5-12-26)23-32(35)33-24-29(20-22-36(33)40)27-13-6-3-7-14-27/h2-24H,25H2,1H3. The number of nitrogens with zero attached hydrogens (tertiary/aromatic N) is 2. The van der Waals surface area contributed by atoms with Crippen molar-refractivity contribution < 1.29 is 0 Å². The first-order valence-electron chi connectivity index (χ1n) is 13.9. The SMILES string of the molecule is Cn1c2ccccc2c2c(Cn3c4ccc(-c5ccccc5)cc4c4cc(-c5ccccc5)ccc43)cccc21. The van der Waals surface area contributed by atoms with E-state index < -0.39 is 0 Å². The van der Waals surface area contributed by atoms with E-state index in [1.165, 1.54) is 71.4 Å². The highest BCUT2D eigenvalue weighted by molar-refractivity contribution is 6.12. The van der Waals surface area contributed by atoms with Crippen LogP contribution in [0.1, 0.15) is 5.56 Å². The molecule has 2 heterocycles. The van der Waals surface area contributed by atoms with E-state index in [1.54, 1.807) is 0 Å². The molecule has 0 saturated carbocycles. The highest BCUT2D eigenvalue weighted by Gasteiger charge is 2.17. The van der Waals surface area contributed by atoms with Crippen LogP contribution < -0.4 is 0 Å². The maximum atomic E-state index is 2.50. The van der Waals surface area contributed by atoms with Crippen molar-refractivity contribution in [2.45, 2.75) is 6.54 Å². The molecule has 190 valence electrons. The minimum absolute atomic E-state index is 0.806. The van der Waals surface area contributed by atoms with Gasteiger partial charge in [0.2, 0.25) is 0 Å². The fourth-order valence-corrected chi connectivity index (χ4v) is 6.48. The maximum Gasteiger partial charge on any atom is 0.0494 e. The van der Waals surface area contributed by atoms with E-state index in [0.29, 0.717) is 0 Å². The summed E-state index contributed by atoms with van der Waals surface area (Å²) in [6.45, 7) is 0.806. The lowest BCUT2D eigenvalue weighted by molar-refractivity contribution is 0.876. The maximum absolute atomic E-state index is 2.50. The van der Waals surface area contributed by atoms with E-state index in [1.807, 2.05) is 0 Å². The van der Waals surface area contributed by atoms with Gasteiger partial charge in [0, 0.05) is 57.2 Å². The Morgan fingerprint density at radius 3 is 1.60 bits per heavy atom. The van der Waals surface area contributed by atoms with Crippen molar-refractivity contribution >= 4 is 43.6 Å². The van der Waals surface area contributed by atoms with Crippen LogP contribution >= 0.6 is 0 Å². The fraction of sp³-hybridized carbons (Fsp3) is 0.0526. The molecular weight excluding hydrogens is 484 g/mol. The Morgan fingerprint density at radius 1 is 0.425 bits per heavy atom. The van der Waals surface area contributed by atoms with Crippen molar-refractivity contribution in [1.82, 2.24) is 9.13 Å². The molecule has 2 heteroatoms. The fourth-order valence-electron chi connectivity index (χ4n) is 6.48. The molecule has 8 rings (SSSR count). The summed E-state index contributed by atoms with van der Waals surface area (Å²) in [4.78, 5) is 0. The van der Waals surface area contributed by atoms with Crippen LogP contribution in [-0.2, 0) is 13.6 Å². The summed E-state index contributed by atoms with van der Waals surface area (Å²) in [6, 6.07) is 50.7. The molecule has 0 aliphatic rings. The minimum Gasteiger partial charge on any atom is -0.344 e. The number of aryl methyl sites for hydroxylation is 1. The zero-order valence-electron chi connectivity index (χ0n) is 22.4. The number of hydrogen-bond donors (Lipinski definition) is 0. The van der Waals surface area contributed by atoms with Crippen molar-refractivity contribution in [3.63, 3.8) is 0 Å². The van der Waals surface area contributed by atoms with Crippen molar-refractivity contribution in [3.8, 4) is 22.3 Å². The highest BCUT2D eigenvalue weighted by atomic mass is 15.0. The van der Waals surface area contributed by atoms with Crippen LogP contribution in [0.25, 0.3) is 65.9 Å². The van der Waals surface area contributed by atoms with Crippen molar-refractivity contribution in [2.75, 3.05) is 0 Å². The second-order valence-corrected chi connectivity index (χ2v) is 10.7. The van der Waals surface area contributed by atoms with E-state index >= 15 is 0 Å². The first-order chi connectivity index (χ1) is 19.8. The number of fused-ring (bicyclic) bond motifs is 6. The van der Waals surface area contributed by atoms with E-state index in [9.17, 15) is 0 Å². The number of para-hydroxylation sites is 1. The quantitative estimate of drug-likeness (QED) is 0.222. The Balaban J connectivity index is 1.38. The smallest absolute Gasteiger partial charge is 0.0494 e. The molecule has 0 bridgehead atoms. The second kappa shape index (κ2) is 9.00. The molecule has 8 aromatic rings. The molecule has 0 unspecified atom stereocenters. The van der Waals surface area contributed by atoms with E-state index in [-0.39, 0.29) is 0 Å². The van der Waals surface area contributed by atoms with Crippen LogP contribution in [-0.4, -0.2) is 9.13 Å². The Bertz CT molecular complexity index is 2080. The molecular formula is C38H28N2. The third kappa shape index (κ3) is 3.50.